The van der Waals surface area contributed by atoms with Crippen molar-refractivity contribution < 1.29 is 9.53 Å². The molecule has 5 rings (SSSR count). The Balaban J connectivity index is 1.14. The van der Waals surface area contributed by atoms with E-state index in [1.54, 1.807) is 0 Å². The molecule has 4 aromatic rings. The lowest BCUT2D eigenvalue weighted by atomic mass is 10.1. The van der Waals surface area contributed by atoms with Crippen LogP contribution in [0.3, 0.4) is 0 Å². The average molecular weight is 513 g/mol. The largest absolute Gasteiger partial charge is 0.492 e. The molecule has 1 aliphatic rings. The second-order valence-corrected chi connectivity index (χ2v) is 9.50. The number of carbonyl (C=O) groups is 1. The number of anilines is 2. The second kappa shape index (κ2) is 12.0. The molecule has 0 saturated carbocycles. The molecule has 1 aromatic heterocycles. The van der Waals surface area contributed by atoms with Gasteiger partial charge in [-0.3, -0.25) is 4.90 Å². The predicted molar refractivity (Wildman–Crippen MR) is 154 cm³/mol. The number of urea groups is 1. The van der Waals surface area contributed by atoms with Crippen molar-refractivity contribution >= 4 is 28.4 Å². The number of aryl methyl sites for hydroxylation is 1. The summed E-state index contributed by atoms with van der Waals surface area (Å²) >= 11 is 0. The van der Waals surface area contributed by atoms with Crippen molar-refractivity contribution in [2.24, 2.45) is 0 Å². The first-order valence-electron chi connectivity index (χ1n) is 13.5. The van der Waals surface area contributed by atoms with E-state index in [2.05, 4.69) is 74.8 Å². The fraction of sp³-hybridized carbons (Fsp3) is 0.333. The smallest absolute Gasteiger partial charge is 0.319 e. The summed E-state index contributed by atoms with van der Waals surface area (Å²) in [6, 6.07) is 22.3. The van der Waals surface area contributed by atoms with Crippen molar-refractivity contribution in [2.45, 2.75) is 20.3 Å². The third kappa shape index (κ3) is 6.08. The SMILES string of the molecule is CCNC(=O)Nc1ccc(OCCN2CCN(c3cccc4[nH]c(-c5cccc(CC)c5)nc34)CC2)cc1. The normalized spacial score (nSPS) is 14.0. The van der Waals surface area contributed by atoms with Crippen molar-refractivity contribution in [3.8, 4) is 17.1 Å². The van der Waals surface area contributed by atoms with Gasteiger partial charge < -0.3 is 25.3 Å². The zero-order chi connectivity index (χ0) is 26.3. The van der Waals surface area contributed by atoms with Gasteiger partial charge in [-0.05, 0) is 61.4 Å². The quantitative estimate of drug-likeness (QED) is 0.289. The number of aromatic amines is 1. The first-order chi connectivity index (χ1) is 18.6. The zero-order valence-electron chi connectivity index (χ0n) is 22.2. The Hall–Kier alpha value is -4.04. The van der Waals surface area contributed by atoms with Gasteiger partial charge in [0.15, 0.2) is 0 Å². The number of rotatable bonds is 9. The number of amides is 2. The monoisotopic (exact) mass is 512 g/mol. The Bertz CT molecular complexity index is 1360. The molecule has 8 heteroatoms. The van der Waals surface area contributed by atoms with Gasteiger partial charge in [0.25, 0.3) is 0 Å². The average Bonchev–Trinajstić information content (AvgIpc) is 3.39. The van der Waals surface area contributed by atoms with Gasteiger partial charge >= 0.3 is 6.03 Å². The molecule has 0 spiro atoms. The van der Waals surface area contributed by atoms with E-state index in [1.165, 1.54) is 11.3 Å². The lowest BCUT2D eigenvalue weighted by Crippen LogP contribution is -2.47. The van der Waals surface area contributed by atoms with Crippen molar-refractivity contribution in [1.82, 2.24) is 20.2 Å². The number of hydrogen-bond donors (Lipinski definition) is 3. The number of aromatic nitrogens is 2. The summed E-state index contributed by atoms with van der Waals surface area (Å²) in [6.07, 6.45) is 1.01. The summed E-state index contributed by atoms with van der Waals surface area (Å²) in [4.78, 5) is 25.0. The predicted octanol–water partition coefficient (Wildman–Crippen LogP) is 5.13. The van der Waals surface area contributed by atoms with Crippen molar-refractivity contribution in [1.29, 1.82) is 0 Å². The van der Waals surface area contributed by atoms with Gasteiger partial charge in [-0.2, -0.15) is 0 Å². The molecule has 0 radical (unpaired) electrons. The third-order valence-electron chi connectivity index (χ3n) is 6.94. The summed E-state index contributed by atoms with van der Waals surface area (Å²) in [6.45, 7) is 10.0. The molecule has 38 heavy (non-hydrogen) atoms. The van der Waals surface area contributed by atoms with Crippen LogP contribution in [0.5, 0.6) is 5.75 Å². The van der Waals surface area contributed by atoms with E-state index in [1.807, 2.05) is 31.2 Å². The standard InChI is InChI=1S/C30H36N6O2/c1-3-22-7-5-8-23(21-22)29-33-26-9-6-10-27(28(26)34-29)36-17-15-35(16-18-36)19-20-38-25-13-11-24(12-14-25)32-30(37)31-4-2/h5-14,21H,3-4,15-20H2,1-2H3,(H,33,34)(H2,31,32,37). The van der Waals surface area contributed by atoms with Gasteiger partial charge in [0.05, 0.1) is 11.2 Å². The molecule has 3 aromatic carbocycles. The fourth-order valence-electron chi connectivity index (χ4n) is 4.82. The third-order valence-corrected chi connectivity index (χ3v) is 6.94. The van der Waals surface area contributed by atoms with Crippen LogP contribution in [-0.2, 0) is 6.42 Å². The van der Waals surface area contributed by atoms with Crippen LogP contribution in [-0.4, -0.2) is 66.8 Å². The number of carbonyl (C=O) groups excluding carboxylic acids is 1. The van der Waals surface area contributed by atoms with Gasteiger partial charge in [0.1, 0.15) is 23.7 Å². The number of para-hydroxylation sites is 1. The van der Waals surface area contributed by atoms with Crippen molar-refractivity contribution in [3.05, 3.63) is 72.3 Å². The Morgan fingerprint density at radius 3 is 2.55 bits per heavy atom. The number of fused-ring (bicyclic) bond motifs is 1. The lowest BCUT2D eigenvalue weighted by molar-refractivity contribution is 0.200. The summed E-state index contributed by atoms with van der Waals surface area (Å²) in [7, 11) is 0. The van der Waals surface area contributed by atoms with Crippen LogP contribution >= 0.6 is 0 Å². The molecular formula is C30H36N6O2. The molecule has 0 bridgehead atoms. The second-order valence-electron chi connectivity index (χ2n) is 9.50. The maximum Gasteiger partial charge on any atom is 0.319 e. The number of piperazine rings is 1. The number of imidazole rings is 1. The molecule has 1 aliphatic heterocycles. The highest BCUT2D eigenvalue weighted by molar-refractivity contribution is 5.91. The molecule has 2 amide bonds. The maximum absolute atomic E-state index is 11.6. The summed E-state index contributed by atoms with van der Waals surface area (Å²) in [5.41, 5.74) is 6.48. The first kappa shape index (κ1) is 25.6. The van der Waals surface area contributed by atoms with Crippen LogP contribution < -0.4 is 20.3 Å². The van der Waals surface area contributed by atoms with E-state index in [0.29, 0.717) is 13.2 Å². The number of nitrogens with one attached hydrogen (secondary N) is 3. The Kier molecular flexibility index (Phi) is 8.09. The molecule has 0 aliphatic carbocycles. The number of hydrogen-bond acceptors (Lipinski definition) is 5. The van der Waals surface area contributed by atoms with Crippen LogP contribution in [0.4, 0.5) is 16.2 Å². The van der Waals surface area contributed by atoms with Crippen LogP contribution in [0, 0.1) is 0 Å². The molecule has 3 N–H and O–H groups in total. The van der Waals surface area contributed by atoms with Gasteiger partial charge in [0, 0.05) is 50.5 Å². The molecular weight excluding hydrogens is 476 g/mol. The minimum absolute atomic E-state index is 0.203. The number of H-pyrrole nitrogens is 1. The van der Waals surface area contributed by atoms with Crippen LogP contribution in [0.2, 0.25) is 0 Å². The van der Waals surface area contributed by atoms with Crippen LogP contribution in [0.1, 0.15) is 19.4 Å². The molecule has 1 saturated heterocycles. The Morgan fingerprint density at radius 2 is 1.79 bits per heavy atom. The van der Waals surface area contributed by atoms with Gasteiger partial charge in [-0.25, -0.2) is 9.78 Å². The van der Waals surface area contributed by atoms with Gasteiger partial charge in [0.2, 0.25) is 0 Å². The first-order valence-corrected chi connectivity index (χ1v) is 13.5. The fourth-order valence-corrected chi connectivity index (χ4v) is 4.82. The molecule has 0 atom stereocenters. The highest BCUT2D eigenvalue weighted by Gasteiger charge is 2.20. The van der Waals surface area contributed by atoms with E-state index in [4.69, 9.17) is 9.72 Å². The zero-order valence-corrected chi connectivity index (χ0v) is 22.2. The number of ether oxygens (including phenoxy) is 1. The summed E-state index contributed by atoms with van der Waals surface area (Å²) < 4.78 is 5.95. The topological polar surface area (TPSA) is 85.5 Å². The lowest BCUT2D eigenvalue weighted by Gasteiger charge is -2.36. The molecule has 2 heterocycles. The van der Waals surface area contributed by atoms with Crippen molar-refractivity contribution in [2.75, 3.05) is 56.1 Å². The van der Waals surface area contributed by atoms with E-state index in [0.717, 1.165) is 73.0 Å². The molecule has 1 fully saturated rings. The highest BCUT2D eigenvalue weighted by atomic mass is 16.5. The van der Waals surface area contributed by atoms with E-state index in [9.17, 15) is 4.79 Å². The maximum atomic E-state index is 11.6. The molecule has 8 nitrogen and oxygen atoms in total. The Labute approximate surface area is 224 Å². The minimum Gasteiger partial charge on any atom is -0.492 e. The summed E-state index contributed by atoms with van der Waals surface area (Å²) in [5.74, 6) is 1.72. The van der Waals surface area contributed by atoms with Crippen LogP contribution in [0.25, 0.3) is 22.4 Å². The van der Waals surface area contributed by atoms with E-state index in [-0.39, 0.29) is 6.03 Å². The summed E-state index contributed by atoms with van der Waals surface area (Å²) in [5, 5.41) is 5.51. The van der Waals surface area contributed by atoms with E-state index < -0.39 is 0 Å². The van der Waals surface area contributed by atoms with Crippen LogP contribution in [0.15, 0.2) is 66.7 Å². The Morgan fingerprint density at radius 1 is 1.00 bits per heavy atom. The molecule has 0 unspecified atom stereocenters. The number of nitrogens with zero attached hydrogens (tertiary/aromatic N) is 3. The van der Waals surface area contributed by atoms with Gasteiger partial charge in [-0.15, -0.1) is 0 Å². The molecule has 198 valence electrons. The van der Waals surface area contributed by atoms with E-state index >= 15 is 0 Å². The van der Waals surface area contributed by atoms with Gasteiger partial charge in [-0.1, -0.05) is 31.2 Å². The highest BCUT2D eigenvalue weighted by Crippen LogP contribution is 2.29. The number of benzene rings is 3. The van der Waals surface area contributed by atoms with Crippen molar-refractivity contribution in [3.63, 3.8) is 0 Å². The minimum atomic E-state index is -0.203.